The molecule has 0 bridgehead atoms. The highest BCUT2D eigenvalue weighted by atomic mass is 27.1. The lowest BCUT2D eigenvalue weighted by atomic mass is 9.93. The second kappa shape index (κ2) is 3.50. The zero-order valence-electron chi connectivity index (χ0n) is 6.32. The van der Waals surface area contributed by atoms with Gasteiger partial charge in [-0.2, -0.15) is 0 Å². The number of hydrogen-bond donors (Lipinski definition) is 0. The molecule has 0 radical (unpaired) electrons. The number of hydrogen-bond acceptors (Lipinski definition) is 1. The predicted molar refractivity (Wildman–Crippen MR) is 38.6 cm³/mol. The molecule has 0 rings (SSSR count). The van der Waals surface area contributed by atoms with Crippen molar-refractivity contribution in [3.05, 3.63) is 0 Å². The first-order chi connectivity index (χ1) is 3.56. The maximum Gasteiger partial charge on any atom is 0.410 e. The topological polar surface area (TPSA) is 9.23 Å². The Morgan fingerprint density at radius 2 is 1.88 bits per heavy atom. The van der Waals surface area contributed by atoms with E-state index >= 15 is 0 Å². The summed E-state index contributed by atoms with van der Waals surface area (Å²) in [6, 6.07) is 0. The monoisotopic (exact) mass is 130 g/mol. The Bertz CT molecular complexity index is 56.0. The fraction of sp³-hybridized carbons (Fsp3) is 1.00. The summed E-state index contributed by atoms with van der Waals surface area (Å²) >= 11 is 0.882. The van der Waals surface area contributed by atoms with Crippen molar-refractivity contribution in [2.45, 2.75) is 27.2 Å². The van der Waals surface area contributed by atoms with Gasteiger partial charge in [0.05, 0.1) is 0 Å². The van der Waals surface area contributed by atoms with Crippen LogP contribution in [0.1, 0.15) is 27.2 Å². The average molecular weight is 130 g/mol. The summed E-state index contributed by atoms with van der Waals surface area (Å²) in [6.45, 7) is 7.63. The lowest BCUT2D eigenvalue weighted by Crippen LogP contribution is -2.08. The van der Waals surface area contributed by atoms with Crippen LogP contribution in [0.15, 0.2) is 0 Å². The molecule has 8 heavy (non-hydrogen) atoms. The summed E-state index contributed by atoms with van der Waals surface area (Å²) in [7, 11) is 0. The highest BCUT2D eigenvalue weighted by molar-refractivity contribution is 5.97. The second-order valence-corrected chi connectivity index (χ2v) is 3.88. The zero-order valence-corrected chi connectivity index (χ0v) is 8.32. The molecule has 1 nitrogen and oxygen atoms in total. The molecule has 0 aliphatic carbocycles. The molecule has 0 aromatic carbocycles. The minimum absolute atomic E-state index is 0.449. The Hall–Kier alpha value is 0.492. The van der Waals surface area contributed by atoms with Gasteiger partial charge in [-0.25, -0.2) is 0 Å². The molecule has 0 aliphatic heterocycles. The van der Waals surface area contributed by atoms with Gasteiger partial charge in [-0.05, 0) is 11.8 Å². The van der Waals surface area contributed by atoms with Crippen molar-refractivity contribution in [1.29, 1.82) is 0 Å². The first-order valence-corrected chi connectivity index (χ1v) is 3.87. The minimum Gasteiger partial charge on any atom is -0.506 e. The van der Waals surface area contributed by atoms with Crippen molar-refractivity contribution >= 4 is 16.6 Å². The van der Waals surface area contributed by atoms with Gasteiger partial charge in [0.1, 0.15) is 0 Å². The summed E-state index contributed by atoms with van der Waals surface area (Å²) in [5.74, 6) is 0. The molecular formula is C6H15AlO. The van der Waals surface area contributed by atoms with E-state index in [2.05, 4.69) is 20.8 Å². The van der Waals surface area contributed by atoms with Crippen LogP contribution in [-0.4, -0.2) is 23.2 Å². The van der Waals surface area contributed by atoms with Crippen LogP contribution in [0, 0.1) is 5.41 Å². The minimum atomic E-state index is 0.449. The van der Waals surface area contributed by atoms with E-state index in [1.54, 1.807) is 0 Å². The Morgan fingerprint density at radius 1 is 1.38 bits per heavy atom. The zero-order chi connectivity index (χ0) is 6.62. The maximum absolute atomic E-state index is 5.06. The van der Waals surface area contributed by atoms with Crippen LogP contribution < -0.4 is 0 Å². The van der Waals surface area contributed by atoms with E-state index in [1.807, 2.05) is 0 Å². The first-order valence-electron chi connectivity index (χ1n) is 3.05. The summed E-state index contributed by atoms with van der Waals surface area (Å²) in [5.41, 5.74) is 0.449. The molecule has 0 atom stereocenters. The van der Waals surface area contributed by atoms with Gasteiger partial charge >= 0.3 is 16.6 Å². The van der Waals surface area contributed by atoms with Gasteiger partial charge in [0, 0.05) is 6.61 Å². The van der Waals surface area contributed by atoms with Gasteiger partial charge in [0.25, 0.3) is 0 Å². The second-order valence-electron chi connectivity index (χ2n) is 3.30. The van der Waals surface area contributed by atoms with Crippen LogP contribution in [0.4, 0.5) is 0 Å². The van der Waals surface area contributed by atoms with Crippen molar-refractivity contribution in [3.63, 3.8) is 0 Å². The van der Waals surface area contributed by atoms with E-state index in [0.717, 1.165) is 23.2 Å². The van der Waals surface area contributed by atoms with Crippen molar-refractivity contribution in [2.24, 2.45) is 5.41 Å². The third-order valence-electron chi connectivity index (χ3n) is 1.06. The predicted octanol–water partition coefficient (Wildman–Crippen LogP) is 0.987. The first kappa shape index (κ1) is 8.49. The largest absolute Gasteiger partial charge is 0.506 e. The molecule has 0 N–H and O–H groups in total. The molecule has 0 unspecified atom stereocenters. The summed E-state index contributed by atoms with van der Waals surface area (Å²) < 4.78 is 5.06. The van der Waals surface area contributed by atoms with Gasteiger partial charge < -0.3 is 3.79 Å². The smallest absolute Gasteiger partial charge is 0.410 e. The van der Waals surface area contributed by atoms with Crippen molar-refractivity contribution in [1.82, 2.24) is 0 Å². The molecule has 2 heteroatoms. The van der Waals surface area contributed by atoms with Crippen LogP contribution in [0.3, 0.4) is 0 Å². The standard InChI is InChI=1S/C6H13O.Al.2H/c1-6(2,3)4-5-7;;;/h4-5H2,1-3H3;;;/q-1;+1;;. The van der Waals surface area contributed by atoms with Crippen LogP contribution in [-0.2, 0) is 3.79 Å². The lowest BCUT2D eigenvalue weighted by molar-refractivity contribution is 0.258. The Kier molecular flexibility index (Phi) is 3.72. The van der Waals surface area contributed by atoms with Gasteiger partial charge in [0.2, 0.25) is 0 Å². The van der Waals surface area contributed by atoms with Gasteiger partial charge in [-0.15, -0.1) is 0 Å². The number of rotatable bonds is 2. The molecule has 0 spiro atoms. The van der Waals surface area contributed by atoms with E-state index in [0.29, 0.717) is 5.41 Å². The molecule has 0 aromatic heterocycles. The van der Waals surface area contributed by atoms with E-state index in [1.165, 1.54) is 6.42 Å². The van der Waals surface area contributed by atoms with E-state index in [9.17, 15) is 0 Å². The fourth-order valence-corrected chi connectivity index (χ4v) is 0.612. The van der Waals surface area contributed by atoms with Crippen LogP contribution >= 0.6 is 0 Å². The molecule has 48 valence electrons. The van der Waals surface area contributed by atoms with Crippen molar-refractivity contribution < 1.29 is 3.79 Å². The highest BCUT2D eigenvalue weighted by Crippen LogP contribution is 2.17. The molecule has 0 aromatic rings. The lowest BCUT2D eigenvalue weighted by Gasteiger charge is -2.16. The molecule has 0 fully saturated rings. The molecule has 0 aliphatic rings. The summed E-state index contributed by atoms with van der Waals surface area (Å²) in [5, 5.41) is 0. The average Bonchev–Trinajstić information content (AvgIpc) is 1.59. The Morgan fingerprint density at radius 3 is 2.00 bits per heavy atom. The molecule has 0 saturated carbocycles. The summed E-state index contributed by atoms with van der Waals surface area (Å²) in [6.07, 6.45) is 1.18. The maximum atomic E-state index is 5.06. The Labute approximate surface area is 60.2 Å². The third-order valence-corrected chi connectivity index (χ3v) is 1.46. The van der Waals surface area contributed by atoms with E-state index < -0.39 is 0 Å². The highest BCUT2D eigenvalue weighted by Gasteiger charge is 2.07. The quantitative estimate of drug-likeness (QED) is 0.506. The fourth-order valence-electron chi connectivity index (χ4n) is 0.408. The molecule has 0 amide bonds. The van der Waals surface area contributed by atoms with Crippen LogP contribution in [0.5, 0.6) is 0 Å². The Balaban J connectivity index is 3.11. The van der Waals surface area contributed by atoms with Gasteiger partial charge in [-0.3, -0.25) is 0 Å². The van der Waals surface area contributed by atoms with Crippen LogP contribution in [0.2, 0.25) is 0 Å². The molecule has 0 saturated heterocycles. The van der Waals surface area contributed by atoms with E-state index in [4.69, 9.17) is 3.79 Å². The summed E-state index contributed by atoms with van der Waals surface area (Å²) in [4.78, 5) is 0. The molecular weight excluding hydrogens is 115 g/mol. The SMILES string of the molecule is CC(C)(C)CC[O][AlH2]. The van der Waals surface area contributed by atoms with Gasteiger partial charge in [-0.1, -0.05) is 20.8 Å². The van der Waals surface area contributed by atoms with E-state index in [-0.39, 0.29) is 0 Å². The van der Waals surface area contributed by atoms with Crippen molar-refractivity contribution in [3.8, 4) is 0 Å². The van der Waals surface area contributed by atoms with Crippen LogP contribution in [0.25, 0.3) is 0 Å². The normalized spacial score (nSPS) is 11.9. The molecule has 0 heterocycles. The van der Waals surface area contributed by atoms with Crippen molar-refractivity contribution in [2.75, 3.05) is 6.61 Å². The van der Waals surface area contributed by atoms with Gasteiger partial charge in [0.15, 0.2) is 0 Å². The third kappa shape index (κ3) is 6.49.